The lowest BCUT2D eigenvalue weighted by atomic mass is 9.79. The monoisotopic (exact) mass is 403 g/mol. The van der Waals surface area contributed by atoms with Gasteiger partial charge < -0.3 is 15.4 Å². The van der Waals surface area contributed by atoms with Gasteiger partial charge in [0.05, 0.1) is 12.8 Å². The number of anilines is 1. The minimum Gasteiger partial charge on any atom is -0.495 e. The number of benzene rings is 1. The van der Waals surface area contributed by atoms with Gasteiger partial charge in [0, 0.05) is 12.3 Å². The summed E-state index contributed by atoms with van der Waals surface area (Å²) in [6, 6.07) is 3.87. The van der Waals surface area contributed by atoms with E-state index in [2.05, 4.69) is 16.0 Å². The van der Waals surface area contributed by atoms with Crippen molar-refractivity contribution in [3.63, 3.8) is 0 Å². The maximum Gasteiger partial charge on any atom is 0.286 e. The van der Waals surface area contributed by atoms with Gasteiger partial charge >= 0.3 is 0 Å². The Morgan fingerprint density at radius 3 is 2.61 bits per heavy atom. The summed E-state index contributed by atoms with van der Waals surface area (Å²) in [6.07, 6.45) is 4.02. The maximum absolute atomic E-state index is 12.5. The summed E-state index contributed by atoms with van der Waals surface area (Å²) in [6.45, 7) is 1.97. The zero-order valence-corrected chi connectivity index (χ0v) is 16.7. The minimum atomic E-state index is -0.433. The summed E-state index contributed by atoms with van der Waals surface area (Å²) in [7, 11) is 1.58. The highest BCUT2D eigenvalue weighted by atomic mass is 32.2. The summed E-state index contributed by atoms with van der Waals surface area (Å²) in [5, 5.41) is 8.05. The lowest BCUT2D eigenvalue weighted by Crippen LogP contribution is -2.33. The number of piperidine rings is 1. The summed E-state index contributed by atoms with van der Waals surface area (Å²) >= 11 is 1.09. The van der Waals surface area contributed by atoms with Crippen LogP contribution in [0.5, 0.6) is 5.75 Å². The molecule has 150 valence electrons. The van der Waals surface area contributed by atoms with Crippen molar-refractivity contribution in [2.45, 2.75) is 43.3 Å². The van der Waals surface area contributed by atoms with Crippen molar-refractivity contribution in [3.05, 3.63) is 23.3 Å². The van der Waals surface area contributed by atoms with Gasteiger partial charge in [-0.2, -0.15) is 0 Å². The van der Waals surface area contributed by atoms with E-state index in [1.54, 1.807) is 7.11 Å². The lowest BCUT2D eigenvalue weighted by Gasteiger charge is -2.32. The smallest absolute Gasteiger partial charge is 0.286 e. The van der Waals surface area contributed by atoms with Crippen LogP contribution in [0.2, 0.25) is 0 Å². The second-order valence-electron chi connectivity index (χ2n) is 7.61. The zero-order valence-electron chi connectivity index (χ0n) is 15.9. The number of nitrogens with one attached hydrogen (secondary N) is 3. The van der Waals surface area contributed by atoms with Crippen molar-refractivity contribution in [1.82, 2.24) is 10.6 Å². The van der Waals surface area contributed by atoms with E-state index in [-0.39, 0.29) is 23.0 Å². The van der Waals surface area contributed by atoms with Crippen LogP contribution in [0.15, 0.2) is 12.1 Å². The van der Waals surface area contributed by atoms with E-state index in [9.17, 15) is 14.4 Å². The third kappa shape index (κ3) is 3.75. The van der Waals surface area contributed by atoms with E-state index in [4.69, 9.17) is 4.74 Å². The molecule has 7 nitrogen and oxygen atoms in total. The molecule has 1 aromatic rings. The van der Waals surface area contributed by atoms with Gasteiger partial charge in [-0.05, 0) is 61.9 Å². The van der Waals surface area contributed by atoms with Crippen LogP contribution < -0.4 is 20.7 Å². The first kappa shape index (κ1) is 19.3. The number of rotatable bonds is 5. The van der Waals surface area contributed by atoms with Crippen LogP contribution in [0.1, 0.15) is 42.7 Å². The first-order chi connectivity index (χ1) is 13.6. The van der Waals surface area contributed by atoms with Gasteiger partial charge in [0.2, 0.25) is 11.8 Å². The first-order valence-electron chi connectivity index (χ1n) is 9.78. The highest BCUT2D eigenvalue weighted by Gasteiger charge is 2.41. The molecule has 2 unspecified atom stereocenters. The van der Waals surface area contributed by atoms with Crippen LogP contribution in [-0.2, 0) is 16.0 Å². The van der Waals surface area contributed by atoms with Crippen LogP contribution in [0, 0.1) is 5.92 Å². The topological polar surface area (TPSA) is 96.5 Å². The van der Waals surface area contributed by atoms with Crippen molar-refractivity contribution in [2.24, 2.45) is 5.92 Å². The van der Waals surface area contributed by atoms with Gasteiger partial charge in [-0.25, -0.2) is 0 Å². The second-order valence-corrected chi connectivity index (χ2v) is 8.72. The molecular weight excluding hydrogens is 378 g/mol. The van der Waals surface area contributed by atoms with Crippen LogP contribution in [0.3, 0.4) is 0 Å². The number of imide groups is 1. The molecule has 3 heterocycles. The fraction of sp³-hybridized carbons (Fsp3) is 0.550. The molecule has 0 aliphatic carbocycles. The number of ether oxygens (including phenoxy) is 1. The largest absolute Gasteiger partial charge is 0.495 e. The fourth-order valence-corrected chi connectivity index (χ4v) is 5.51. The molecule has 0 saturated carbocycles. The fourth-order valence-electron chi connectivity index (χ4n) is 4.53. The van der Waals surface area contributed by atoms with E-state index >= 15 is 0 Å². The van der Waals surface area contributed by atoms with Crippen LogP contribution in [0.4, 0.5) is 10.5 Å². The predicted octanol–water partition coefficient (Wildman–Crippen LogP) is 2.40. The molecule has 8 heteroatoms. The Hall–Kier alpha value is -2.06. The Labute approximate surface area is 168 Å². The summed E-state index contributed by atoms with van der Waals surface area (Å²) in [5.74, 6) is 0.826. The highest BCUT2D eigenvalue weighted by molar-refractivity contribution is 8.15. The minimum absolute atomic E-state index is 0.0268. The Bertz CT molecular complexity index is 807. The van der Waals surface area contributed by atoms with E-state index in [1.807, 2.05) is 12.1 Å². The average Bonchev–Trinajstić information content (AvgIpc) is 3.04. The zero-order chi connectivity index (χ0) is 19.7. The standard InChI is InChI=1S/C20H25N3O4S/c1-27-15-4-2-12(13-3-5-16(24)22-17(13)15)14(10-11-6-8-21-9-7-11)18-19(25)23-20(26)28-18/h2,4,11,14,18,21H,3,5-10H2,1H3,(H,22,24)(H,23,25,26). The van der Waals surface area contributed by atoms with Crippen molar-refractivity contribution in [2.75, 3.05) is 25.5 Å². The number of carbonyl (C=O) groups excluding carboxylic acids is 3. The average molecular weight is 404 g/mol. The number of hydrogen-bond donors (Lipinski definition) is 3. The summed E-state index contributed by atoms with van der Waals surface area (Å²) < 4.78 is 5.45. The third-order valence-corrected chi connectivity index (χ3v) is 7.04. The summed E-state index contributed by atoms with van der Waals surface area (Å²) in [5.41, 5.74) is 2.80. The molecular formula is C20H25N3O4S. The molecule has 0 radical (unpaired) electrons. The molecule has 0 spiro atoms. The lowest BCUT2D eigenvalue weighted by molar-refractivity contribution is -0.119. The number of carbonyl (C=O) groups is 3. The third-order valence-electron chi connectivity index (χ3n) is 5.93. The number of amides is 3. The number of fused-ring (bicyclic) bond motifs is 1. The van der Waals surface area contributed by atoms with Crippen LogP contribution >= 0.6 is 11.8 Å². The molecule has 3 aliphatic rings. The molecule has 0 aromatic heterocycles. The SMILES string of the molecule is COc1ccc(C(CC2CCNCC2)C2SC(=O)NC2=O)c2c1NC(=O)CC2. The van der Waals surface area contributed by atoms with E-state index in [0.717, 1.165) is 55.2 Å². The van der Waals surface area contributed by atoms with Crippen molar-refractivity contribution >= 4 is 34.5 Å². The molecule has 2 fully saturated rings. The summed E-state index contributed by atoms with van der Waals surface area (Å²) in [4.78, 5) is 36.3. The molecule has 3 N–H and O–H groups in total. The maximum atomic E-state index is 12.5. The normalized spacial score (nSPS) is 23.8. The van der Waals surface area contributed by atoms with E-state index in [0.29, 0.717) is 30.2 Å². The van der Waals surface area contributed by atoms with E-state index < -0.39 is 5.25 Å². The predicted molar refractivity (Wildman–Crippen MR) is 108 cm³/mol. The Morgan fingerprint density at radius 2 is 1.93 bits per heavy atom. The van der Waals surface area contributed by atoms with Gasteiger partial charge in [-0.3, -0.25) is 19.7 Å². The number of thioether (sulfide) groups is 1. The second kappa shape index (κ2) is 8.13. The van der Waals surface area contributed by atoms with Crippen LogP contribution in [0.25, 0.3) is 0 Å². The molecule has 2 saturated heterocycles. The molecule has 1 aromatic carbocycles. The molecule has 3 aliphatic heterocycles. The molecule has 28 heavy (non-hydrogen) atoms. The van der Waals surface area contributed by atoms with Gasteiger partial charge in [-0.15, -0.1) is 0 Å². The van der Waals surface area contributed by atoms with Crippen LogP contribution in [-0.4, -0.2) is 42.5 Å². The Kier molecular flexibility index (Phi) is 5.59. The number of methoxy groups -OCH3 is 1. The van der Waals surface area contributed by atoms with Gasteiger partial charge in [0.25, 0.3) is 5.24 Å². The van der Waals surface area contributed by atoms with E-state index in [1.165, 1.54) is 0 Å². The number of hydrogen-bond acceptors (Lipinski definition) is 6. The highest BCUT2D eigenvalue weighted by Crippen LogP contribution is 2.44. The quantitative estimate of drug-likeness (QED) is 0.699. The van der Waals surface area contributed by atoms with Gasteiger partial charge in [0.15, 0.2) is 0 Å². The van der Waals surface area contributed by atoms with Gasteiger partial charge in [0.1, 0.15) is 11.0 Å². The molecule has 0 bridgehead atoms. The molecule has 3 amide bonds. The van der Waals surface area contributed by atoms with Crippen molar-refractivity contribution < 1.29 is 19.1 Å². The van der Waals surface area contributed by atoms with Crippen molar-refractivity contribution in [1.29, 1.82) is 0 Å². The Balaban J connectivity index is 1.73. The van der Waals surface area contributed by atoms with Gasteiger partial charge in [-0.1, -0.05) is 17.8 Å². The first-order valence-corrected chi connectivity index (χ1v) is 10.7. The van der Waals surface area contributed by atoms with Crippen molar-refractivity contribution in [3.8, 4) is 5.75 Å². The molecule has 2 atom stereocenters. The molecule has 4 rings (SSSR count). The Morgan fingerprint density at radius 1 is 1.14 bits per heavy atom.